The summed E-state index contributed by atoms with van der Waals surface area (Å²) in [7, 11) is -3.35. The van der Waals surface area contributed by atoms with E-state index in [0.717, 1.165) is 17.2 Å². The maximum Gasteiger partial charge on any atom is 0.315 e. The van der Waals surface area contributed by atoms with Crippen LogP contribution in [0.1, 0.15) is 17.5 Å². The van der Waals surface area contributed by atoms with Gasteiger partial charge in [0, 0.05) is 18.2 Å². The summed E-state index contributed by atoms with van der Waals surface area (Å²) in [6.45, 7) is 6.53. The Morgan fingerprint density at radius 2 is 2.10 bits per heavy atom. The second-order valence-electron chi connectivity index (χ2n) is 6.82. The zero-order chi connectivity index (χ0) is 22.2. The smallest absolute Gasteiger partial charge is 0.315 e. The molecule has 0 spiro atoms. The fourth-order valence-electron chi connectivity index (χ4n) is 3.23. The maximum atomic E-state index is 12.9. The Labute approximate surface area is 182 Å². The van der Waals surface area contributed by atoms with Crippen LogP contribution in [0.2, 0.25) is 0 Å². The van der Waals surface area contributed by atoms with Gasteiger partial charge in [0.1, 0.15) is 0 Å². The molecule has 0 fully saturated rings. The Bertz CT molecular complexity index is 1490. The van der Waals surface area contributed by atoms with Gasteiger partial charge in [0.05, 0.1) is 21.7 Å². The SMILES string of the molecule is C=CCn1c(=NC(=O)c2cc3cccc(OCC)c3o2)sc2cc(S(C)(=O)=O)ccc21. The van der Waals surface area contributed by atoms with Crippen LogP contribution >= 0.6 is 11.3 Å². The molecule has 160 valence electrons. The van der Waals surface area contributed by atoms with Gasteiger partial charge in [0.2, 0.25) is 0 Å². The van der Waals surface area contributed by atoms with E-state index in [1.165, 1.54) is 11.3 Å². The molecule has 0 saturated carbocycles. The minimum absolute atomic E-state index is 0.0987. The number of hydrogen-bond donors (Lipinski definition) is 0. The van der Waals surface area contributed by atoms with E-state index in [0.29, 0.717) is 34.0 Å². The van der Waals surface area contributed by atoms with Crippen molar-refractivity contribution >= 4 is 48.3 Å². The number of amides is 1. The highest BCUT2D eigenvalue weighted by Gasteiger charge is 2.16. The van der Waals surface area contributed by atoms with Crippen LogP contribution in [0.4, 0.5) is 0 Å². The molecule has 1 amide bonds. The Hall–Kier alpha value is -3.17. The third-order valence-electron chi connectivity index (χ3n) is 4.61. The van der Waals surface area contributed by atoms with Gasteiger partial charge in [0.25, 0.3) is 0 Å². The number of carbonyl (C=O) groups excluding carboxylic acids is 1. The molecule has 0 aliphatic heterocycles. The molecule has 0 saturated heterocycles. The second-order valence-corrected chi connectivity index (χ2v) is 9.85. The number of rotatable bonds is 6. The molecule has 31 heavy (non-hydrogen) atoms. The molecular weight excluding hydrogens is 436 g/mol. The molecule has 0 radical (unpaired) electrons. The van der Waals surface area contributed by atoms with Crippen molar-refractivity contribution in [1.29, 1.82) is 0 Å². The topological polar surface area (TPSA) is 90.9 Å². The highest BCUT2D eigenvalue weighted by Crippen LogP contribution is 2.29. The molecular formula is C22H20N2O5S2. The van der Waals surface area contributed by atoms with Crippen LogP contribution in [0, 0.1) is 0 Å². The van der Waals surface area contributed by atoms with Crippen LogP contribution in [0.5, 0.6) is 5.75 Å². The second kappa shape index (κ2) is 8.16. The van der Waals surface area contributed by atoms with Crippen molar-refractivity contribution in [2.24, 2.45) is 4.99 Å². The zero-order valence-electron chi connectivity index (χ0n) is 17.0. The molecule has 0 aliphatic carbocycles. The Balaban J connectivity index is 1.83. The number of benzene rings is 2. The van der Waals surface area contributed by atoms with Gasteiger partial charge in [-0.3, -0.25) is 4.79 Å². The quantitative estimate of drug-likeness (QED) is 0.406. The lowest BCUT2D eigenvalue weighted by Gasteiger charge is -2.02. The fourth-order valence-corrected chi connectivity index (χ4v) is 5.03. The van der Waals surface area contributed by atoms with Gasteiger partial charge < -0.3 is 13.7 Å². The molecule has 2 heterocycles. The van der Waals surface area contributed by atoms with E-state index in [1.54, 1.807) is 36.4 Å². The first-order valence-corrected chi connectivity index (χ1v) is 12.2. The summed E-state index contributed by atoms with van der Waals surface area (Å²) in [6.07, 6.45) is 2.85. The number of para-hydroxylation sites is 1. The highest BCUT2D eigenvalue weighted by molar-refractivity contribution is 7.90. The molecule has 0 atom stereocenters. The third kappa shape index (κ3) is 4.06. The van der Waals surface area contributed by atoms with Crippen molar-refractivity contribution in [3.05, 3.63) is 65.7 Å². The van der Waals surface area contributed by atoms with Crippen molar-refractivity contribution in [2.45, 2.75) is 18.4 Å². The number of fused-ring (bicyclic) bond motifs is 2. The first-order chi connectivity index (χ1) is 14.8. The third-order valence-corrected chi connectivity index (χ3v) is 6.76. The van der Waals surface area contributed by atoms with Crippen LogP contribution in [0.3, 0.4) is 0 Å². The normalized spacial score (nSPS) is 12.5. The van der Waals surface area contributed by atoms with E-state index in [1.807, 2.05) is 23.6 Å². The minimum Gasteiger partial charge on any atom is -0.490 e. The Kier molecular flexibility index (Phi) is 5.55. The van der Waals surface area contributed by atoms with Gasteiger partial charge in [-0.15, -0.1) is 6.58 Å². The van der Waals surface area contributed by atoms with Crippen molar-refractivity contribution < 1.29 is 22.4 Å². The lowest BCUT2D eigenvalue weighted by atomic mass is 10.2. The number of nitrogens with zero attached hydrogens (tertiary/aromatic N) is 2. The Morgan fingerprint density at radius 3 is 2.81 bits per heavy atom. The van der Waals surface area contributed by atoms with Crippen LogP contribution < -0.4 is 9.54 Å². The van der Waals surface area contributed by atoms with E-state index in [9.17, 15) is 13.2 Å². The molecule has 9 heteroatoms. The predicted molar refractivity (Wildman–Crippen MR) is 120 cm³/mol. The van der Waals surface area contributed by atoms with Crippen molar-refractivity contribution in [3.63, 3.8) is 0 Å². The van der Waals surface area contributed by atoms with Crippen LogP contribution in [0.15, 0.2) is 69.4 Å². The Morgan fingerprint density at radius 1 is 1.29 bits per heavy atom. The number of aromatic nitrogens is 1. The number of allylic oxidation sites excluding steroid dienone is 1. The monoisotopic (exact) mass is 456 g/mol. The van der Waals surface area contributed by atoms with Gasteiger partial charge in [-0.1, -0.05) is 29.5 Å². The zero-order valence-corrected chi connectivity index (χ0v) is 18.6. The summed E-state index contributed by atoms with van der Waals surface area (Å²) in [5.74, 6) is 0.129. The summed E-state index contributed by atoms with van der Waals surface area (Å²) >= 11 is 1.23. The molecule has 0 unspecified atom stereocenters. The van der Waals surface area contributed by atoms with Crippen LogP contribution in [-0.2, 0) is 16.4 Å². The molecule has 4 aromatic rings. The molecule has 0 bridgehead atoms. The highest BCUT2D eigenvalue weighted by atomic mass is 32.2. The first-order valence-electron chi connectivity index (χ1n) is 9.50. The van der Waals surface area contributed by atoms with Crippen molar-refractivity contribution in [3.8, 4) is 5.75 Å². The summed E-state index contributed by atoms with van der Waals surface area (Å²) in [5, 5.41) is 0.748. The van der Waals surface area contributed by atoms with E-state index in [4.69, 9.17) is 9.15 Å². The number of carbonyl (C=O) groups is 1. The van der Waals surface area contributed by atoms with E-state index in [-0.39, 0.29) is 10.7 Å². The number of thiazole rings is 1. The summed E-state index contributed by atoms with van der Waals surface area (Å²) in [6, 6.07) is 11.9. The van der Waals surface area contributed by atoms with Gasteiger partial charge >= 0.3 is 5.91 Å². The van der Waals surface area contributed by atoms with Crippen LogP contribution in [-0.4, -0.2) is 31.8 Å². The van der Waals surface area contributed by atoms with Gasteiger partial charge in [-0.05, 0) is 37.3 Å². The maximum absolute atomic E-state index is 12.9. The molecule has 4 rings (SSSR count). The molecule has 2 aromatic heterocycles. The number of furan rings is 1. The van der Waals surface area contributed by atoms with Gasteiger partial charge in [-0.25, -0.2) is 8.42 Å². The number of hydrogen-bond acceptors (Lipinski definition) is 6. The molecule has 0 aliphatic rings. The first kappa shape index (κ1) is 21.1. The average Bonchev–Trinajstić information content (AvgIpc) is 3.30. The van der Waals surface area contributed by atoms with Crippen molar-refractivity contribution in [1.82, 2.24) is 4.57 Å². The molecule has 7 nitrogen and oxygen atoms in total. The van der Waals surface area contributed by atoms with Crippen molar-refractivity contribution in [2.75, 3.05) is 12.9 Å². The average molecular weight is 457 g/mol. The van der Waals surface area contributed by atoms with E-state index in [2.05, 4.69) is 11.6 Å². The summed E-state index contributed by atoms with van der Waals surface area (Å²) in [5.41, 5.74) is 1.27. The fraction of sp³-hybridized carbons (Fsp3) is 0.182. The molecule has 2 aromatic carbocycles. The van der Waals surface area contributed by atoms with Gasteiger partial charge in [0.15, 0.2) is 31.7 Å². The standard InChI is InChI=1S/C22H20N2O5S2/c1-4-11-24-16-10-9-15(31(3,26)27)13-19(16)30-22(24)23-21(25)18-12-14-7-6-8-17(28-5-2)20(14)29-18/h4,6-10,12-13H,1,5,11H2,2-3H3. The minimum atomic E-state index is -3.35. The largest absolute Gasteiger partial charge is 0.490 e. The molecule has 0 N–H and O–H groups in total. The van der Waals surface area contributed by atoms with E-state index < -0.39 is 15.7 Å². The summed E-state index contributed by atoms with van der Waals surface area (Å²) in [4.78, 5) is 17.8. The predicted octanol–water partition coefficient (Wildman–Crippen LogP) is 4.18. The summed E-state index contributed by atoms with van der Waals surface area (Å²) < 4.78 is 37.6. The van der Waals surface area contributed by atoms with E-state index >= 15 is 0 Å². The van der Waals surface area contributed by atoms with Gasteiger partial charge in [-0.2, -0.15) is 4.99 Å². The lowest BCUT2D eigenvalue weighted by molar-refractivity contribution is 0.0973. The number of ether oxygens (including phenoxy) is 1. The lowest BCUT2D eigenvalue weighted by Crippen LogP contribution is -2.16. The van der Waals surface area contributed by atoms with Crippen LogP contribution in [0.25, 0.3) is 21.2 Å². The number of sulfone groups is 1.